The molecular weight excluding hydrogens is 320 g/mol. The average Bonchev–Trinajstić information content (AvgIpc) is 2.75. The van der Waals surface area contributed by atoms with Gasteiger partial charge in [0.25, 0.3) is 0 Å². The second-order valence-corrected chi connectivity index (χ2v) is 7.04. The molecule has 0 aliphatic carbocycles. The Bertz CT molecular complexity index is 510. The number of nitrogens with one attached hydrogen (secondary N) is 2. The van der Waals surface area contributed by atoms with E-state index in [0.29, 0.717) is 29.0 Å². The Labute approximate surface area is 141 Å². The third-order valence-corrected chi connectivity index (χ3v) is 4.98. The number of hydrogen-bond donors (Lipinski definition) is 2. The van der Waals surface area contributed by atoms with Crippen molar-refractivity contribution in [3.05, 3.63) is 17.5 Å². The minimum absolute atomic E-state index is 0. The van der Waals surface area contributed by atoms with Crippen LogP contribution in [0.1, 0.15) is 37.1 Å². The van der Waals surface area contributed by atoms with Crippen LogP contribution < -0.4 is 10.6 Å². The Kier molecular flexibility index (Phi) is 6.06. The van der Waals surface area contributed by atoms with E-state index in [2.05, 4.69) is 20.6 Å². The van der Waals surface area contributed by atoms with Gasteiger partial charge in [0.05, 0.1) is 5.75 Å². The molecule has 5 nitrogen and oxygen atoms in total. The van der Waals surface area contributed by atoms with Crippen molar-refractivity contribution in [1.29, 1.82) is 0 Å². The molecule has 2 N–H and O–H groups in total. The van der Waals surface area contributed by atoms with Gasteiger partial charge in [0.2, 0.25) is 5.91 Å². The van der Waals surface area contributed by atoms with E-state index < -0.39 is 0 Å². The van der Waals surface area contributed by atoms with Gasteiger partial charge in [-0.15, -0.1) is 12.4 Å². The van der Waals surface area contributed by atoms with Crippen molar-refractivity contribution >= 4 is 30.1 Å². The molecule has 7 heteroatoms. The van der Waals surface area contributed by atoms with Crippen LogP contribution in [0.5, 0.6) is 0 Å². The van der Waals surface area contributed by atoms with Crippen molar-refractivity contribution in [2.75, 3.05) is 5.75 Å². The summed E-state index contributed by atoms with van der Waals surface area (Å²) in [6, 6.07) is 3.47. The van der Waals surface area contributed by atoms with E-state index in [1.54, 1.807) is 0 Å². The predicted molar refractivity (Wildman–Crippen MR) is 90.6 cm³/mol. The SMILES string of the molecule is Cc1cc(C)nc(SCC(=O)NC2CC3CCC(C2)N3)n1.Cl. The monoisotopic (exact) mass is 342 g/mol. The number of amides is 1. The predicted octanol–water partition coefficient (Wildman–Crippen LogP) is 2.01. The molecule has 3 heterocycles. The number of rotatable bonds is 4. The van der Waals surface area contributed by atoms with E-state index in [1.807, 2.05) is 19.9 Å². The van der Waals surface area contributed by atoms with E-state index in [4.69, 9.17) is 0 Å². The molecule has 2 aliphatic heterocycles. The molecule has 122 valence electrons. The Morgan fingerprint density at radius 2 is 1.86 bits per heavy atom. The highest BCUT2D eigenvalue weighted by molar-refractivity contribution is 7.99. The van der Waals surface area contributed by atoms with Crippen LogP contribution in [0.4, 0.5) is 0 Å². The van der Waals surface area contributed by atoms with Crippen LogP contribution in [-0.2, 0) is 4.79 Å². The molecule has 3 rings (SSSR count). The van der Waals surface area contributed by atoms with Crippen LogP contribution in [0.3, 0.4) is 0 Å². The van der Waals surface area contributed by atoms with E-state index >= 15 is 0 Å². The summed E-state index contributed by atoms with van der Waals surface area (Å²) in [5, 5.41) is 7.44. The van der Waals surface area contributed by atoms with Gasteiger partial charge < -0.3 is 10.6 Å². The van der Waals surface area contributed by atoms with Gasteiger partial charge in [0, 0.05) is 29.5 Å². The topological polar surface area (TPSA) is 66.9 Å². The van der Waals surface area contributed by atoms with Gasteiger partial charge in [-0.3, -0.25) is 4.79 Å². The maximum atomic E-state index is 12.1. The molecular formula is C15H23ClN4OS. The number of halogens is 1. The molecule has 2 unspecified atom stereocenters. The van der Waals surface area contributed by atoms with Gasteiger partial charge in [0.15, 0.2) is 5.16 Å². The van der Waals surface area contributed by atoms with Gasteiger partial charge in [-0.05, 0) is 45.6 Å². The second-order valence-electron chi connectivity index (χ2n) is 6.10. The second kappa shape index (κ2) is 7.62. The first-order chi connectivity index (χ1) is 10.1. The number of piperidine rings is 1. The zero-order valence-electron chi connectivity index (χ0n) is 13.0. The number of nitrogens with zero attached hydrogens (tertiary/aromatic N) is 2. The molecule has 2 aliphatic rings. The number of fused-ring (bicyclic) bond motifs is 2. The lowest BCUT2D eigenvalue weighted by Gasteiger charge is -2.29. The van der Waals surface area contributed by atoms with Crippen LogP contribution in [-0.4, -0.2) is 39.8 Å². The lowest BCUT2D eigenvalue weighted by Crippen LogP contribution is -2.48. The van der Waals surface area contributed by atoms with Crippen molar-refractivity contribution in [2.24, 2.45) is 0 Å². The summed E-state index contributed by atoms with van der Waals surface area (Å²) in [6.45, 7) is 3.90. The molecule has 2 atom stereocenters. The molecule has 0 radical (unpaired) electrons. The summed E-state index contributed by atoms with van der Waals surface area (Å²) in [5.74, 6) is 0.483. The van der Waals surface area contributed by atoms with E-state index in [0.717, 1.165) is 24.2 Å². The number of thioether (sulfide) groups is 1. The molecule has 0 saturated carbocycles. The molecule has 2 saturated heterocycles. The molecule has 2 fully saturated rings. The Morgan fingerprint density at radius 3 is 2.45 bits per heavy atom. The first kappa shape index (κ1) is 17.5. The third kappa shape index (κ3) is 4.57. The van der Waals surface area contributed by atoms with Gasteiger partial charge in [0.1, 0.15) is 0 Å². The first-order valence-corrected chi connectivity index (χ1v) is 8.57. The maximum absolute atomic E-state index is 12.1. The quantitative estimate of drug-likeness (QED) is 0.647. The Morgan fingerprint density at radius 1 is 1.27 bits per heavy atom. The lowest BCUT2D eigenvalue weighted by atomic mass is 10.00. The van der Waals surface area contributed by atoms with Gasteiger partial charge in [-0.25, -0.2) is 9.97 Å². The molecule has 2 bridgehead atoms. The van der Waals surface area contributed by atoms with E-state index in [-0.39, 0.29) is 18.3 Å². The van der Waals surface area contributed by atoms with Crippen molar-refractivity contribution < 1.29 is 4.79 Å². The Balaban J connectivity index is 0.00000176. The molecule has 1 amide bonds. The van der Waals surface area contributed by atoms with Gasteiger partial charge >= 0.3 is 0 Å². The van der Waals surface area contributed by atoms with E-state index in [1.165, 1.54) is 24.6 Å². The fraction of sp³-hybridized carbons (Fsp3) is 0.667. The standard InChI is InChI=1S/C15H22N4OS.ClH/c1-9-5-10(2)17-15(16-9)21-8-14(20)19-13-6-11-3-4-12(7-13)18-11;/h5,11-13,18H,3-4,6-8H2,1-2H3,(H,19,20);1H. The van der Waals surface area contributed by atoms with Crippen LogP contribution in [0.25, 0.3) is 0 Å². The number of hydrogen-bond acceptors (Lipinski definition) is 5. The van der Waals surface area contributed by atoms with Gasteiger partial charge in [-0.2, -0.15) is 0 Å². The molecule has 22 heavy (non-hydrogen) atoms. The molecule has 1 aromatic rings. The van der Waals surface area contributed by atoms with Crippen molar-refractivity contribution in [3.63, 3.8) is 0 Å². The van der Waals surface area contributed by atoms with Crippen molar-refractivity contribution in [3.8, 4) is 0 Å². The fourth-order valence-electron chi connectivity index (χ4n) is 3.33. The summed E-state index contributed by atoms with van der Waals surface area (Å²) in [6.07, 6.45) is 4.63. The summed E-state index contributed by atoms with van der Waals surface area (Å²) in [4.78, 5) is 20.8. The van der Waals surface area contributed by atoms with Crippen LogP contribution in [0.15, 0.2) is 11.2 Å². The maximum Gasteiger partial charge on any atom is 0.230 e. The zero-order chi connectivity index (χ0) is 14.8. The fourth-order valence-corrected chi connectivity index (χ4v) is 4.09. The highest BCUT2D eigenvalue weighted by atomic mass is 35.5. The van der Waals surface area contributed by atoms with Crippen LogP contribution in [0, 0.1) is 13.8 Å². The third-order valence-electron chi connectivity index (χ3n) is 4.13. The minimum Gasteiger partial charge on any atom is -0.353 e. The summed E-state index contributed by atoms with van der Waals surface area (Å²) >= 11 is 1.41. The molecule has 0 spiro atoms. The average molecular weight is 343 g/mol. The minimum atomic E-state index is 0. The Hall–Kier alpha value is -0.850. The van der Waals surface area contributed by atoms with Crippen LogP contribution >= 0.6 is 24.2 Å². The largest absolute Gasteiger partial charge is 0.353 e. The highest BCUT2D eigenvalue weighted by Crippen LogP contribution is 2.26. The normalized spacial score (nSPS) is 26.4. The zero-order valence-corrected chi connectivity index (χ0v) is 14.6. The number of aromatic nitrogens is 2. The summed E-state index contributed by atoms with van der Waals surface area (Å²) < 4.78 is 0. The molecule has 1 aromatic heterocycles. The number of aryl methyl sites for hydroxylation is 2. The summed E-state index contributed by atoms with van der Waals surface area (Å²) in [7, 11) is 0. The number of carbonyl (C=O) groups is 1. The van der Waals surface area contributed by atoms with Crippen LogP contribution in [0.2, 0.25) is 0 Å². The highest BCUT2D eigenvalue weighted by Gasteiger charge is 2.33. The first-order valence-electron chi connectivity index (χ1n) is 7.59. The van der Waals surface area contributed by atoms with E-state index in [9.17, 15) is 4.79 Å². The molecule has 0 aromatic carbocycles. The lowest BCUT2D eigenvalue weighted by molar-refractivity contribution is -0.119. The smallest absolute Gasteiger partial charge is 0.230 e. The van der Waals surface area contributed by atoms with Crippen molar-refractivity contribution in [2.45, 2.75) is 62.8 Å². The van der Waals surface area contributed by atoms with Crippen molar-refractivity contribution in [1.82, 2.24) is 20.6 Å². The number of carbonyl (C=O) groups excluding carboxylic acids is 1. The van der Waals surface area contributed by atoms with Gasteiger partial charge in [-0.1, -0.05) is 11.8 Å². The summed E-state index contributed by atoms with van der Waals surface area (Å²) in [5.41, 5.74) is 1.89.